The Morgan fingerprint density at radius 2 is 2.04 bits per heavy atom. The lowest BCUT2D eigenvalue weighted by molar-refractivity contribution is -0.275. The second-order valence-corrected chi connectivity index (χ2v) is 7.84. The quantitative estimate of drug-likeness (QED) is 0.670. The van der Waals surface area contributed by atoms with Crippen molar-refractivity contribution in [2.45, 2.75) is 51.7 Å². The van der Waals surface area contributed by atoms with E-state index in [4.69, 9.17) is 9.47 Å². The molecular formula is C17H21BrF3NO4. The van der Waals surface area contributed by atoms with Crippen LogP contribution in [0.1, 0.15) is 32.8 Å². The van der Waals surface area contributed by atoms with Crippen molar-refractivity contribution in [2.75, 3.05) is 13.2 Å². The monoisotopic (exact) mass is 439 g/mol. The van der Waals surface area contributed by atoms with E-state index in [9.17, 15) is 18.0 Å². The van der Waals surface area contributed by atoms with Gasteiger partial charge in [-0.25, -0.2) is 4.79 Å². The molecule has 1 heterocycles. The number of hydrogen-bond acceptors (Lipinski definition) is 4. The molecule has 9 heteroatoms. The van der Waals surface area contributed by atoms with Crippen LogP contribution in [-0.4, -0.2) is 42.2 Å². The summed E-state index contributed by atoms with van der Waals surface area (Å²) in [4.78, 5) is 14.0. The van der Waals surface area contributed by atoms with Crippen LogP contribution in [0, 0.1) is 0 Å². The summed E-state index contributed by atoms with van der Waals surface area (Å²) in [6, 6.07) is 3.88. The van der Waals surface area contributed by atoms with Crippen molar-refractivity contribution in [1.82, 2.24) is 4.90 Å². The van der Waals surface area contributed by atoms with Gasteiger partial charge in [-0.05, 0) is 45.4 Å². The van der Waals surface area contributed by atoms with Gasteiger partial charge in [-0.1, -0.05) is 15.9 Å². The molecule has 1 amide bonds. The SMILES string of the molecule is CC(C)(C)OC(=O)N(Cc1cc(Br)ccc1OC(F)(F)F)C1CCOC1. The zero-order chi connectivity index (χ0) is 19.5. The molecule has 1 saturated heterocycles. The first-order valence-corrected chi connectivity index (χ1v) is 8.85. The van der Waals surface area contributed by atoms with Crippen LogP contribution in [0.15, 0.2) is 22.7 Å². The van der Waals surface area contributed by atoms with Gasteiger partial charge in [0.05, 0.1) is 19.2 Å². The standard InChI is InChI=1S/C17H21BrF3NO4/c1-16(2,3)26-15(23)22(13-6-7-24-10-13)9-11-8-12(18)4-5-14(11)25-17(19,20)21/h4-5,8,13H,6-7,9-10H2,1-3H3. The minimum atomic E-state index is -4.82. The van der Waals surface area contributed by atoms with E-state index in [1.54, 1.807) is 20.8 Å². The van der Waals surface area contributed by atoms with E-state index in [1.165, 1.54) is 23.1 Å². The van der Waals surface area contributed by atoms with Crippen molar-refractivity contribution < 1.29 is 32.2 Å². The first-order valence-electron chi connectivity index (χ1n) is 8.06. The summed E-state index contributed by atoms with van der Waals surface area (Å²) in [5, 5.41) is 0. The predicted octanol–water partition coefficient (Wildman–Crippen LogP) is 4.87. The lowest BCUT2D eigenvalue weighted by Gasteiger charge is -2.31. The van der Waals surface area contributed by atoms with Gasteiger partial charge in [-0.2, -0.15) is 0 Å². The highest BCUT2D eigenvalue weighted by Gasteiger charge is 2.35. The fourth-order valence-corrected chi connectivity index (χ4v) is 2.92. The number of alkyl halides is 3. The maximum atomic E-state index is 12.7. The molecule has 2 rings (SSSR count). The Morgan fingerprint density at radius 1 is 1.35 bits per heavy atom. The van der Waals surface area contributed by atoms with Crippen LogP contribution in [0.4, 0.5) is 18.0 Å². The summed E-state index contributed by atoms with van der Waals surface area (Å²) >= 11 is 3.24. The van der Waals surface area contributed by atoms with Crippen LogP contribution in [0.5, 0.6) is 5.75 Å². The molecular weight excluding hydrogens is 419 g/mol. The van der Waals surface area contributed by atoms with Gasteiger partial charge in [0.2, 0.25) is 0 Å². The third kappa shape index (κ3) is 6.35. The normalized spacial score (nSPS) is 17.9. The van der Waals surface area contributed by atoms with Gasteiger partial charge in [0.25, 0.3) is 0 Å². The van der Waals surface area contributed by atoms with Gasteiger partial charge in [0, 0.05) is 16.6 Å². The van der Waals surface area contributed by atoms with E-state index >= 15 is 0 Å². The molecule has 146 valence electrons. The Bertz CT molecular complexity index is 640. The van der Waals surface area contributed by atoms with Crippen molar-refractivity contribution >= 4 is 22.0 Å². The molecule has 1 unspecified atom stereocenters. The van der Waals surface area contributed by atoms with E-state index in [-0.39, 0.29) is 23.9 Å². The Hall–Kier alpha value is -1.48. The number of hydrogen-bond donors (Lipinski definition) is 0. The minimum absolute atomic E-state index is 0.0895. The zero-order valence-corrected chi connectivity index (χ0v) is 16.3. The van der Waals surface area contributed by atoms with E-state index in [1.807, 2.05) is 0 Å². The first kappa shape index (κ1) is 20.8. The molecule has 1 aliphatic rings. The molecule has 0 saturated carbocycles. The zero-order valence-electron chi connectivity index (χ0n) is 14.7. The Morgan fingerprint density at radius 3 is 2.58 bits per heavy atom. The maximum Gasteiger partial charge on any atom is 0.573 e. The summed E-state index contributed by atoms with van der Waals surface area (Å²) in [6.45, 7) is 5.88. The van der Waals surface area contributed by atoms with Gasteiger partial charge >= 0.3 is 12.5 Å². The second kappa shape index (κ2) is 8.04. The predicted molar refractivity (Wildman–Crippen MR) is 91.8 cm³/mol. The van der Waals surface area contributed by atoms with Crippen LogP contribution >= 0.6 is 15.9 Å². The van der Waals surface area contributed by atoms with Crippen molar-refractivity contribution in [2.24, 2.45) is 0 Å². The Labute approximate surface area is 158 Å². The molecule has 0 bridgehead atoms. The number of halogens is 4. The average molecular weight is 440 g/mol. The lowest BCUT2D eigenvalue weighted by atomic mass is 10.1. The van der Waals surface area contributed by atoms with Crippen LogP contribution in [0.3, 0.4) is 0 Å². The summed E-state index contributed by atoms with van der Waals surface area (Å²) < 4.78 is 53.5. The molecule has 1 fully saturated rings. The molecule has 5 nitrogen and oxygen atoms in total. The maximum absolute atomic E-state index is 12.7. The number of nitrogens with zero attached hydrogens (tertiary/aromatic N) is 1. The lowest BCUT2D eigenvalue weighted by Crippen LogP contribution is -2.43. The molecule has 0 spiro atoms. The molecule has 0 aliphatic carbocycles. The number of ether oxygens (including phenoxy) is 3. The van der Waals surface area contributed by atoms with Gasteiger partial charge in [0.1, 0.15) is 11.4 Å². The summed E-state index contributed by atoms with van der Waals surface area (Å²) in [5.74, 6) is -0.354. The highest BCUT2D eigenvalue weighted by Crippen LogP contribution is 2.31. The highest BCUT2D eigenvalue weighted by molar-refractivity contribution is 9.10. The minimum Gasteiger partial charge on any atom is -0.444 e. The largest absolute Gasteiger partial charge is 0.573 e. The second-order valence-electron chi connectivity index (χ2n) is 6.93. The molecule has 1 atom stereocenters. The fraction of sp³-hybridized carbons (Fsp3) is 0.588. The van der Waals surface area contributed by atoms with Crippen molar-refractivity contribution in [3.05, 3.63) is 28.2 Å². The Balaban J connectivity index is 2.29. The van der Waals surface area contributed by atoms with Crippen molar-refractivity contribution in [3.63, 3.8) is 0 Å². The first-order chi connectivity index (χ1) is 11.9. The van der Waals surface area contributed by atoms with Crippen LogP contribution in [0.25, 0.3) is 0 Å². The summed E-state index contributed by atoms with van der Waals surface area (Å²) in [6.07, 6.45) is -4.84. The molecule has 1 aromatic rings. The highest BCUT2D eigenvalue weighted by atomic mass is 79.9. The fourth-order valence-electron chi connectivity index (χ4n) is 2.51. The van der Waals surface area contributed by atoms with E-state index in [0.29, 0.717) is 24.1 Å². The molecule has 1 aromatic carbocycles. The number of rotatable bonds is 4. The smallest absolute Gasteiger partial charge is 0.444 e. The van der Waals surface area contributed by atoms with Crippen molar-refractivity contribution in [3.8, 4) is 5.75 Å². The van der Waals surface area contributed by atoms with E-state index in [0.717, 1.165) is 0 Å². The molecule has 1 aliphatic heterocycles. The van der Waals surface area contributed by atoms with E-state index < -0.39 is 18.1 Å². The number of carbonyl (C=O) groups excluding carboxylic acids is 1. The average Bonchev–Trinajstić information content (AvgIpc) is 2.98. The van der Waals surface area contributed by atoms with Gasteiger partial charge < -0.3 is 14.2 Å². The third-order valence-corrected chi connectivity index (χ3v) is 4.06. The van der Waals surface area contributed by atoms with Gasteiger partial charge in [-0.15, -0.1) is 13.2 Å². The number of benzene rings is 1. The van der Waals surface area contributed by atoms with Crippen molar-refractivity contribution in [1.29, 1.82) is 0 Å². The van der Waals surface area contributed by atoms with E-state index in [2.05, 4.69) is 20.7 Å². The molecule has 0 N–H and O–H groups in total. The Kier molecular flexibility index (Phi) is 6.44. The summed E-state index contributed by atoms with van der Waals surface area (Å²) in [5.41, 5.74) is -0.508. The number of amides is 1. The number of carbonyl (C=O) groups is 1. The molecule has 0 aromatic heterocycles. The third-order valence-electron chi connectivity index (χ3n) is 3.56. The van der Waals surface area contributed by atoms with Crippen LogP contribution in [0.2, 0.25) is 0 Å². The van der Waals surface area contributed by atoms with Crippen LogP contribution in [-0.2, 0) is 16.0 Å². The molecule has 0 radical (unpaired) electrons. The van der Waals surface area contributed by atoms with Gasteiger partial charge in [0.15, 0.2) is 0 Å². The summed E-state index contributed by atoms with van der Waals surface area (Å²) in [7, 11) is 0. The topological polar surface area (TPSA) is 48.0 Å². The van der Waals surface area contributed by atoms with Crippen LogP contribution < -0.4 is 4.74 Å². The molecule has 26 heavy (non-hydrogen) atoms. The van der Waals surface area contributed by atoms with Gasteiger partial charge in [-0.3, -0.25) is 4.90 Å².